The van der Waals surface area contributed by atoms with Crippen molar-refractivity contribution in [1.82, 2.24) is 10.3 Å². The number of amidine groups is 1. The number of aromatic nitrogens is 1. The highest BCUT2D eigenvalue weighted by Crippen LogP contribution is 2.29. The monoisotopic (exact) mass is 392 g/mol. The zero-order chi connectivity index (χ0) is 17.8. The van der Waals surface area contributed by atoms with Gasteiger partial charge in [-0.1, -0.05) is 41.1 Å². The van der Waals surface area contributed by atoms with Crippen LogP contribution in [0.2, 0.25) is 5.02 Å². The Labute approximate surface area is 157 Å². The van der Waals surface area contributed by atoms with Crippen LogP contribution in [0.25, 0.3) is 6.08 Å². The summed E-state index contributed by atoms with van der Waals surface area (Å²) in [5.74, 6) is -0.395. The number of hydrogen-bond donors (Lipinski definition) is 2. The second-order valence-electron chi connectivity index (χ2n) is 5.03. The molecule has 0 spiro atoms. The molecule has 1 aromatic heterocycles. The lowest BCUT2D eigenvalue weighted by molar-refractivity contribution is -0.115. The van der Waals surface area contributed by atoms with E-state index in [0.717, 1.165) is 10.4 Å². The summed E-state index contributed by atoms with van der Waals surface area (Å²) < 4.78 is 0. The largest absolute Gasteiger partial charge is 0.302 e. The van der Waals surface area contributed by atoms with Gasteiger partial charge in [-0.25, -0.2) is 4.98 Å². The highest BCUT2D eigenvalue weighted by molar-refractivity contribution is 8.18. The molecule has 0 bridgehead atoms. The molecule has 2 aromatic rings. The summed E-state index contributed by atoms with van der Waals surface area (Å²) in [5, 5.41) is 7.01. The average molecular weight is 393 g/mol. The summed E-state index contributed by atoms with van der Waals surface area (Å²) in [6, 6.07) is 7.45. The van der Waals surface area contributed by atoms with E-state index in [2.05, 4.69) is 20.6 Å². The highest BCUT2D eigenvalue weighted by Gasteiger charge is 2.24. The average Bonchev–Trinajstić information content (AvgIpc) is 3.13. The van der Waals surface area contributed by atoms with Gasteiger partial charge >= 0.3 is 0 Å². The van der Waals surface area contributed by atoms with E-state index in [1.807, 2.05) is 18.2 Å². The topological polar surface area (TPSA) is 83.4 Å². The SMILES string of the molecule is CC(=O)Nc1ncc(C=C2SC(=NCc3ccccc3Cl)NC2=O)s1. The maximum atomic E-state index is 12.1. The molecule has 1 aromatic carbocycles. The van der Waals surface area contributed by atoms with Gasteiger partial charge in [-0.2, -0.15) is 0 Å². The van der Waals surface area contributed by atoms with Crippen LogP contribution in [0.3, 0.4) is 0 Å². The zero-order valence-electron chi connectivity index (χ0n) is 13.1. The minimum atomic E-state index is -0.211. The molecule has 1 fully saturated rings. The normalized spacial score (nSPS) is 17.1. The van der Waals surface area contributed by atoms with Crippen molar-refractivity contribution < 1.29 is 9.59 Å². The van der Waals surface area contributed by atoms with Gasteiger partial charge in [0.25, 0.3) is 5.91 Å². The van der Waals surface area contributed by atoms with E-state index < -0.39 is 0 Å². The van der Waals surface area contributed by atoms with E-state index in [0.29, 0.717) is 26.8 Å². The Bertz CT molecular complexity index is 892. The predicted molar refractivity (Wildman–Crippen MR) is 103 cm³/mol. The molecule has 0 atom stereocenters. The van der Waals surface area contributed by atoms with Crippen LogP contribution in [0.1, 0.15) is 17.4 Å². The number of carbonyl (C=O) groups excluding carboxylic acids is 2. The van der Waals surface area contributed by atoms with Crippen molar-refractivity contribution in [3.8, 4) is 0 Å². The number of nitrogens with one attached hydrogen (secondary N) is 2. The molecule has 0 saturated carbocycles. The van der Waals surface area contributed by atoms with Gasteiger partial charge in [0.05, 0.1) is 16.3 Å². The van der Waals surface area contributed by atoms with E-state index in [1.165, 1.54) is 30.0 Å². The minimum absolute atomic E-state index is 0.185. The van der Waals surface area contributed by atoms with Crippen LogP contribution >= 0.6 is 34.7 Å². The van der Waals surface area contributed by atoms with E-state index in [9.17, 15) is 9.59 Å². The van der Waals surface area contributed by atoms with Gasteiger partial charge in [0.15, 0.2) is 10.3 Å². The Kier molecular flexibility index (Phi) is 5.52. The Hall–Kier alpha value is -2.16. The van der Waals surface area contributed by atoms with Crippen molar-refractivity contribution in [2.45, 2.75) is 13.5 Å². The summed E-state index contributed by atoms with van der Waals surface area (Å²) >= 11 is 8.66. The quantitative estimate of drug-likeness (QED) is 0.780. The number of anilines is 1. The molecule has 9 heteroatoms. The van der Waals surface area contributed by atoms with Gasteiger partial charge in [-0.05, 0) is 29.5 Å². The highest BCUT2D eigenvalue weighted by atomic mass is 35.5. The van der Waals surface area contributed by atoms with Gasteiger partial charge < -0.3 is 10.6 Å². The molecule has 2 amide bonds. The third-order valence-corrected chi connectivity index (χ3v) is 5.26. The van der Waals surface area contributed by atoms with Crippen LogP contribution in [0.5, 0.6) is 0 Å². The first-order valence-corrected chi connectivity index (χ1v) is 9.24. The molecule has 25 heavy (non-hydrogen) atoms. The van der Waals surface area contributed by atoms with E-state index in [-0.39, 0.29) is 11.8 Å². The lowest BCUT2D eigenvalue weighted by atomic mass is 10.2. The lowest BCUT2D eigenvalue weighted by Gasteiger charge is -2.00. The third-order valence-electron chi connectivity index (χ3n) is 3.08. The standard InChI is InChI=1S/C16H13ClN4O2S2/c1-9(22)20-15-19-8-11(24-15)6-13-14(23)21-16(25-13)18-7-10-4-2-3-5-12(10)17/h2-6,8H,7H2,1H3,(H,18,21,23)(H,19,20,22). The molecule has 2 heterocycles. The molecule has 3 rings (SSSR count). The Balaban J connectivity index is 1.69. The maximum Gasteiger partial charge on any atom is 0.264 e. The Morgan fingerprint density at radius 2 is 2.24 bits per heavy atom. The van der Waals surface area contributed by atoms with Gasteiger partial charge in [0.2, 0.25) is 5.91 Å². The van der Waals surface area contributed by atoms with Crippen molar-refractivity contribution in [3.63, 3.8) is 0 Å². The second-order valence-corrected chi connectivity index (χ2v) is 7.53. The first-order chi connectivity index (χ1) is 12.0. The van der Waals surface area contributed by atoms with E-state index in [1.54, 1.807) is 18.3 Å². The molecule has 1 saturated heterocycles. The number of hydrogen-bond acceptors (Lipinski definition) is 6. The first-order valence-electron chi connectivity index (χ1n) is 7.23. The van der Waals surface area contributed by atoms with Crippen molar-refractivity contribution in [2.75, 3.05) is 5.32 Å². The molecular weight excluding hydrogens is 380 g/mol. The van der Waals surface area contributed by atoms with Gasteiger partial charge in [-0.15, -0.1) is 0 Å². The molecule has 128 valence electrons. The lowest BCUT2D eigenvalue weighted by Crippen LogP contribution is -2.19. The number of carbonyl (C=O) groups is 2. The smallest absolute Gasteiger partial charge is 0.264 e. The number of thiazole rings is 1. The molecule has 2 N–H and O–H groups in total. The van der Waals surface area contributed by atoms with Crippen molar-refractivity contribution >= 4 is 62.9 Å². The third kappa shape index (κ3) is 4.68. The summed E-state index contributed by atoms with van der Waals surface area (Å²) in [7, 11) is 0. The van der Waals surface area contributed by atoms with Crippen molar-refractivity contribution in [1.29, 1.82) is 0 Å². The number of thioether (sulfide) groups is 1. The second kappa shape index (κ2) is 7.81. The Morgan fingerprint density at radius 1 is 1.44 bits per heavy atom. The molecule has 1 aliphatic heterocycles. The van der Waals surface area contributed by atoms with Crippen LogP contribution in [-0.4, -0.2) is 22.0 Å². The first kappa shape index (κ1) is 17.7. The Morgan fingerprint density at radius 3 is 3.00 bits per heavy atom. The van der Waals surface area contributed by atoms with Gasteiger partial charge in [0, 0.05) is 18.1 Å². The van der Waals surface area contributed by atoms with Crippen molar-refractivity contribution in [2.24, 2.45) is 4.99 Å². The number of rotatable bonds is 4. The molecule has 1 aliphatic rings. The van der Waals surface area contributed by atoms with Crippen LogP contribution in [0.15, 0.2) is 40.4 Å². The number of benzene rings is 1. The minimum Gasteiger partial charge on any atom is -0.302 e. The number of aliphatic imine (C=N–C) groups is 1. The fourth-order valence-electron chi connectivity index (χ4n) is 1.98. The summed E-state index contributed by atoms with van der Waals surface area (Å²) in [5.41, 5.74) is 0.895. The fourth-order valence-corrected chi connectivity index (χ4v) is 3.86. The summed E-state index contributed by atoms with van der Waals surface area (Å²) in [4.78, 5) is 32.9. The zero-order valence-corrected chi connectivity index (χ0v) is 15.5. The predicted octanol–water partition coefficient (Wildman–Crippen LogP) is 3.52. The summed E-state index contributed by atoms with van der Waals surface area (Å²) in [6.07, 6.45) is 3.33. The fraction of sp³-hybridized carbons (Fsp3) is 0.125. The molecular formula is C16H13ClN4O2S2. The van der Waals surface area contributed by atoms with Crippen LogP contribution < -0.4 is 10.6 Å². The molecule has 6 nitrogen and oxygen atoms in total. The number of amides is 2. The van der Waals surface area contributed by atoms with E-state index in [4.69, 9.17) is 11.6 Å². The molecule has 0 unspecified atom stereocenters. The summed E-state index contributed by atoms with van der Waals surface area (Å²) in [6.45, 7) is 1.81. The van der Waals surface area contributed by atoms with Crippen molar-refractivity contribution in [3.05, 3.63) is 50.8 Å². The molecule has 0 aliphatic carbocycles. The molecule has 0 radical (unpaired) electrons. The van der Waals surface area contributed by atoms with Gasteiger partial charge in [-0.3, -0.25) is 14.6 Å². The van der Waals surface area contributed by atoms with Crippen LogP contribution in [0, 0.1) is 0 Å². The number of nitrogens with zero attached hydrogens (tertiary/aromatic N) is 2. The van der Waals surface area contributed by atoms with Crippen LogP contribution in [0.4, 0.5) is 5.13 Å². The van der Waals surface area contributed by atoms with Gasteiger partial charge in [0.1, 0.15) is 0 Å². The maximum absolute atomic E-state index is 12.1. The van der Waals surface area contributed by atoms with Crippen LogP contribution in [-0.2, 0) is 16.1 Å². The number of halogens is 1. The van der Waals surface area contributed by atoms with E-state index >= 15 is 0 Å².